The topological polar surface area (TPSA) is 75.6 Å². The van der Waals surface area contributed by atoms with Gasteiger partial charge in [0.15, 0.2) is 0 Å². The number of carbonyl (C=O) groups excluding carboxylic acids is 1. The van der Waals surface area contributed by atoms with Gasteiger partial charge in [0.2, 0.25) is 5.91 Å². The maximum atomic E-state index is 12.0. The van der Waals surface area contributed by atoms with Crippen LogP contribution in [0, 0.1) is 5.92 Å². The number of rotatable bonds is 5. The highest BCUT2D eigenvalue weighted by Crippen LogP contribution is 2.23. The van der Waals surface area contributed by atoms with Gasteiger partial charge in [0.1, 0.15) is 0 Å². The molecule has 0 radical (unpaired) electrons. The van der Waals surface area contributed by atoms with Gasteiger partial charge in [0.25, 0.3) is 0 Å². The molecule has 0 bridgehead atoms. The second-order valence-corrected chi connectivity index (χ2v) is 5.21. The van der Waals surface area contributed by atoms with Gasteiger partial charge >= 0.3 is 5.97 Å². The zero-order valence-corrected chi connectivity index (χ0v) is 10.6. The number of nitrogens with one attached hydrogen (secondary N) is 1. The van der Waals surface area contributed by atoms with Crippen molar-refractivity contribution in [1.82, 2.24) is 5.32 Å². The number of thiophene rings is 1. The molecule has 6 heteroatoms. The lowest BCUT2D eigenvalue weighted by Gasteiger charge is -2.17. The first-order valence-electron chi connectivity index (χ1n) is 5.80. The Morgan fingerprint density at radius 1 is 1.61 bits per heavy atom. The molecule has 1 aliphatic heterocycles. The maximum absolute atomic E-state index is 12.0. The Morgan fingerprint density at radius 2 is 2.44 bits per heavy atom. The van der Waals surface area contributed by atoms with E-state index in [1.54, 1.807) is 0 Å². The van der Waals surface area contributed by atoms with Crippen LogP contribution in [0.1, 0.15) is 23.8 Å². The molecule has 18 heavy (non-hydrogen) atoms. The van der Waals surface area contributed by atoms with E-state index in [0.717, 1.165) is 4.88 Å². The molecule has 0 aromatic carbocycles. The van der Waals surface area contributed by atoms with Gasteiger partial charge in [-0.05, 0) is 17.9 Å². The first-order valence-corrected chi connectivity index (χ1v) is 6.68. The standard InChI is InChI=1S/C12H15NO4S/c14-11(15)6-9(10-2-1-5-18-10)13-12(16)8-3-4-17-7-8/h1-2,5,8-9H,3-4,6-7H2,(H,13,16)(H,14,15)/t8-,9+/m1/s1. The van der Waals surface area contributed by atoms with Crippen LogP contribution in [0.5, 0.6) is 0 Å². The molecular formula is C12H15NO4S. The molecule has 98 valence electrons. The number of hydrogen-bond acceptors (Lipinski definition) is 4. The lowest BCUT2D eigenvalue weighted by molar-refractivity contribution is -0.137. The number of hydrogen-bond donors (Lipinski definition) is 2. The Balaban J connectivity index is 2.00. The number of carboxylic acids is 1. The summed E-state index contributed by atoms with van der Waals surface area (Å²) in [7, 11) is 0. The van der Waals surface area contributed by atoms with E-state index in [9.17, 15) is 9.59 Å². The third kappa shape index (κ3) is 3.30. The highest BCUT2D eigenvalue weighted by atomic mass is 32.1. The largest absolute Gasteiger partial charge is 0.481 e. The van der Waals surface area contributed by atoms with Crippen molar-refractivity contribution in [3.8, 4) is 0 Å². The monoisotopic (exact) mass is 269 g/mol. The van der Waals surface area contributed by atoms with Crippen molar-refractivity contribution in [3.05, 3.63) is 22.4 Å². The number of ether oxygens (including phenoxy) is 1. The normalized spacial score (nSPS) is 20.6. The van der Waals surface area contributed by atoms with Gasteiger partial charge in [-0.15, -0.1) is 11.3 Å². The summed E-state index contributed by atoms with van der Waals surface area (Å²) in [6, 6.07) is 3.24. The van der Waals surface area contributed by atoms with Crippen LogP contribution >= 0.6 is 11.3 Å². The van der Waals surface area contributed by atoms with Crippen LogP contribution in [-0.2, 0) is 14.3 Å². The Morgan fingerprint density at radius 3 is 3.00 bits per heavy atom. The summed E-state index contributed by atoms with van der Waals surface area (Å²) in [5.74, 6) is -1.19. The van der Waals surface area contributed by atoms with E-state index in [0.29, 0.717) is 19.6 Å². The molecule has 0 unspecified atom stereocenters. The average molecular weight is 269 g/mol. The van der Waals surface area contributed by atoms with E-state index in [2.05, 4.69) is 5.32 Å². The summed E-state index contributed by atoms with van der Waals surface area (Å²) in [5.41, 5.74) is 0. The molecule has 1 aliphatic rings. The lowest BCUT2D eigenvalue weighted by atomic mass is 10.1. The Labute approximate surface area is 109 Å². The van der Waals surface area contributed by atoms with Gasteiger partial charge in [-0.2, -0.15) is 0 Å². The van der Waals surface area contributed by atoms with E-state index in [1.165, 1.54) is 11.3 Å². The Kier molecular flexibility index (Phi) is 4.33. The Bertz CT molecular complexity index is 412. The van der Waals surface area contributed by atoms with Crippen LogP contribution in [0.15, 0.2) is 17.5 Å². The van der Waals surface area contributed by atoms with Crippen LogP contribution in [0.2, 0.25) is 0 Å². The maximum Gasteiger partial charge on any atom is 0.305 e. The van der Waals surface area contributed by atoms with Gasteiger partial charge in [-0.1, -0.05) is 6.07 Å². The number of aliphatic carboxylic acids is 1. The molecule has 2 N–H and O–H groups in total. The van der Waals surface area contributed by atoms with E-state index < -0.39 is 12.0 Å². The molecular weight excluding hydrogens is 254 g/mol. The molecule has 2 heterocycles. The van der Waals surface area contributed by atoms with Crippen molar-refractivity contribution in [2.45, 2.75) is 18.9 Å². The molecule has 0 saturated carbocycles. The van der Waals surface area contributed by atoms with Crippen LogP contribution < -0.4 is 5.32 Å². The summed E-state index contributed by atoms with van der Waals surface area (Å²) in [6.07, 6.45) is 0.607. The van der Waals surface area contributed by atoms with E-state index >= 15 is 0 Å². The number of carbonyl (C=O) groups is 2. The summed E-state index contributed by atoms with van der Waals surface area (Å²) >= 11 is 1.45. The zero-order chi connectivity index (χ0) is 13.0. The van der Waals surface area contributed by atoms with Gasteiger partial charge < -0.3 is 15.2 Å². The van der Waals surface area contributed by atoms with Crippen molar-refractivity contribution in [3.63, 3.8) is 0 Å². The first-order chi connectivity index (χ1) is 8.66. The van der Waals surface area contributed by atoms with Crippen LogP contribution in [0.4, 0.5) is 0 Å². The van der Waals surface area contributed by atoms with Gasteiger partial charge in [-0.3, -0.25) is 9.59 Å². The molecule has 2 atom stereocenters. The molecule has 1 fully saturated rings. The van der Waals surface area contributed by atoms with Crippen molar-refractivity contribution in [1.29, 1.82) is 0 Å². The van der Waals surface area contributed by atoms with E-state index in [1.807, 2.05) is 17.5 Å². The second kappa shape index (κ2) is 5.97. The molecule has 1 aromatic heterocycles. The third-order valence-corrected chi connectivity index (χ3v) is 3.87. The fourth-order valence-corrected chi connectivity index (χ4v) is 2.70. The lowest BCUT2D eigenvalue weighted by Crippen LogP contribution is -2.35. The van der Waals surface area contributed by atoms with Gasteiger partial charge in [-0.25, -0.2) is 0 Å². The second-order valence-electron chi connectivity index (χ2n) is 4.23. The van der Waals surface area contributed by atoms with Crippen molar-refractivity contribution in [2.24, 2.45) is 5.92 Å². The molecule has 0 spiro atoms. The Hall–Kier alpha value is -1.40. The fourth-order valence-electron chi connectivity index (χ4n) is 1.92. The minimum absolute atomic E-state index is 0.0974. The average Bonchev–Trinajstić information content (AvgIpc) is 3.01. The van der Waals surface area contributed by atoms with Crippen LogP contribution in [0.25, 0.3) is 0 Å². The third-order valence-electron chi connectivity index (χ3n) is 2.88. The van der Waals surface area contributed by atoms with Crippen molar-refractivity contribution >= 4 is 23.2 Å². The predicted octanol–water partition coefficient (Wildman–Crippen LogP) is 1.42. The van der Waals surface area contributed by atoms with Crippen LogP contribution in [-0.4, -0.2) is 30.2 Å². The van der Waals surface area contributed by atoms with E-state index in [4.69, 9.17) is 9.84 Å². The minimum Gasteiger partial charge on any atom is -0.481 e. The molecule has 1 aromatic rings. The fraction of sp³-hybridized carbons (Fsp3) is 0.500. The van der Waals surface area contributed by atoms with Crippen molar-refractivity contribution < 1.29 is 19.4 Å². The molecule has 1 saturated heterocycles. The molecule has 0 aliphatic carbocycles. The summed E-state index contributed by atoms with van der Waals surface area (Å²) < 4.78 is 5.16. The highest BCUT2D eigenvalue weighted by molar-refractivity contribution is 7.10. The quantitative estimate of drug-likeness (QED) is 0.847. The number of carboxylic acid groups (broad SMARTS) is 1. The zero-order valence-electron chi connectivity index (χ0n) is 9.80. The smallest absolute Gasteiger partial charge is 0.305 e. The minimum atomic E-state index is -0.920. The summed E-state index contributed by atoms with van der Waals surface area (Å²) in [5, 5.41) is 13.6. The number of amides is 1. The van der Waals surface area contributed by atoms with Gasteiger partial charge in [0.05, 0.1) is 25.0 Å². The summed E-state index contributed by atoms with van der Waals surface area (Å²) in [4.78, 5) is 23.7. The van der Waals surface area contributed by atoms with Crippen LogP contribution in [0.3, 0.4) is 0 Å². The predicted molar refractivity (Wildman–Crippen MR) is 66.4 cm³/mol. The molecule has 1 amide bonds. The van der Waals surface area contributed by atoms with E-state index in [-0.39, 0.29) is 18.2 Å². The van der Waals surface area contributed by atoms with Gasteiger partial charge in [0, 0.05) is 11.5 Å². The highest BCUT2D eigenvalue weighted by Gasteiger charge is 2.27. The van der Waals surface area contributed by atoms with Crippen molar-refractivity contribution in [2.75, 3.05) is 13.2 Å². The summed E-state index contributed by atoms with van der Waals surface area (Å²) in [6.45, 7) is 1.02. The molecule has 2 rings (SSSR count). The first kappa shape index (κ1) is 13.0. The molecule has 5 nitrogen and oxygen atoms in total. The SMILES string of the molecule is O=C(O)C[C@H](NC(=O)[C@@H]1CCOC1)c1cccs1.